The molecule has 0 heterocycles. The fraction of sp³-hybridized carbons (Fsp3) is 0.462. The van der Waals surface area contributed by atoms with Crippen LogP contribution >= 0.6 is 11.6 Å². The van der Waals surface area contributed by atoms with E-state index in [1.165, 1.54) is 0 Å². The van der Waals surface area contributed by atoms with E-state index in [9.17, 15) is 4.79 Å². The molecule has 1 nitrogen and oxygen atoms in total. The maximum atomic E-state index is 11.7. The molecule has 0 N–H and O–H groups in total. The summed E-state index contributed by atoms with van der Waals surface area (Å²) in [5.74, 6) is 0.268. The quantitative estimate of drug-likeness (QED) is 0.762. The Kier molecular flexibility index (Phi) is 3.92. The third-order valence-electron chi connectivity index (χ3n) is 2.02. The van der Waals surface area contributed by atoms with E-state index in [0.29, 0.717) is 17.9 Å². The molecule has 1 aromatic carbocycles. The lowest BCUT2D eigenvalue weighted by molar-refractivity contribution is -0.120. The number of rotatable bonds is 3. The van der Waals surface area contributed by atoms with Crippen LogP contribution in [-0.4, -0.2) is 5.78 Å². The van der Waals surface area contributed by atoms with Crippen molar-refractivity contribution in [2.75, 3.05) is 0 Å². The van der Waals surface area contributed by atoms with Gasteiger partial charge in [0, 0.05) is 17.9 Å². The van der Waals surface area contributed by atoms with Gasteiger partial charge >= 0.3 is 0 Å². The van der Waals surface area contributed by atoms with Gasteiger partial charge in [-0.05, 0) is 23.1 Å². The van der Waals surface area contributed by atoms with Crippen molar-refractivity contribution in [2.45, 2.75) is 33.6 Å². The van der Waals surface area contributed by atoms with Crippen LogP contribution in [0.4, 0.5) is 0 Å². The summed E-state index contributed by atoms with van der Waals surface area (Å²) in [6.07, 6.45) is 1.09. The van der Waals surface area contributed by atoms with Crippen molar-refractivity contribution < 1.29 is 4.79 Å². The smallest absolute Gasteiger partial charge is 0.137 e. The Morgan fingerprint density at radius 2 is 2.00 bits per heavy atom. The monoisotopic (exact) mass is 224 g/mol. The molecule has 0 aromatic heterocycles. The van der Waals surface area contributed by atoms with Gasteiger partial charge < -0.3 is 0 Å². The summed E-state index contributed by atoms with van der Waals surface area (Å²) < 4.78 is 0. The van der Waals surface area contributed by atoms with Crippen LogP contribution in [0.15, 0.2) is 24.3 Å². The predicted molar refractivity (Wildman–Crippen MR) is 64.2 cm³/mol. The normalized spacial score (nSPS) is 11.5. The molecule has 0 aliphatic rings. The van der Waals surface area contributed by atoms with E-state index in [-0.39, 0.29) is 11.2 Å². The number of ketones is 1. The van der Waals surface area contributed by atoms with Crippen molar-refractivity contribution >= 4 is 17.4 Å². The van der Waals surface area contributed by atoms with Gasteiger partial charge in [0.25, 0.3) is 0 Å². The van der Waals surface area contributed by atoms with E-state index in [4.69, 9.17) is 11.6 Å². The molecule has 15 heavy (non-hydrogen) atoms. The SMILES string of the molecule is CC(C)(C)CC(=O)Cc1cccc(Cl)c1. The van der Waals surface area contributed by atoms with E-state index in [0.717, 1.165) is 5.56 Å². The van der Waals surface area contributed by atoms with Crippen LogP contribution in [0, 0.1) is 5.41 Å². The van der Waals surface area contributed by atoms with Crippen LogP contribution < -0.4 is 0 Å². The Labute approximate surface area is 96.5 Å². The van der Waals surface area contributed by atoms with Gasteiger partial charge in [0.2, 0.25) is 0 Å². The topological polar surface area (TPSA) is 17.1 Å². The Bertz CT molecular complexity index is 350. The molecule has 0 aliphatic carbocycles. The summed E-state index contributed by atoms with van der Waals surface area (Å²) in [4.78, 5) is 11.7. The molecule has 1 aromatic rings. The Morgan fingerprint density at radius 3 is 2.53 bits per heavy atom. The highest BCUT2D eigenvalue weighted by atomic mass is 35.5. The Hall–Kier alpha value is -0.820. The van der Waals surface area contributed by atoms with Crippen molar-refractivity contribution in [1.82, 2.24) is 0 Å². The van der Waals surface area contributed by atoms with Crippen LogP contribution in [0.3, 0.4) is 0 Å². The zero-order chi connectivity index (χ0) is 11.5. The molecule has 0 bridgehead atoms. The molecule has 0 fully saturated rings. The first-order valence-corrected chi connectivity index (χ1v) is 5.51. The van der Waals surface area contributed by atoms with Crippen LogP contribution in [0.1, 0.15) is 32.8 Å². The van der Waals surface area contributed by atoms with Crippen LogP contribution in [0.2, 0.25) is 5.02 Å². The van der Waals surface area contributed by atoms with Gasteiger partial charge in [-0.2, -0.15) is 0 Å². The third-order valence-corrected chi connectivity index (χ3v) is 2.25. The number of hydrogen-bond donors (Lipinski definition) is 0. The second-order valence-electron chi connectivity index (χ2n) is 5.08. The van der Waals surface area contributed by atoms with Crippen LogP contribution in [0.5, 0.6) is 0 Å². The summed E-state index contributed by atoms with van der Waals surface area (Å²) in [5, 5.41) is 0.691. The number of benzene rings is 1. The van der Waals surface area contributed by atoms with Gasteiger partial charge in [-0.3, -0.25) is 4.79 Å². The van der Waals surface area contributed by atoms with Gasteiger partial charge in [-0.1, -0.05) is 44.5 Å². The molecule has 0 radical (unpaired) electrons. The molecule has 1 rings (SSSR count). The van der Waals surface area contributed by atoms with Crippen molar-refractivity contribution in [1.29, 1.82) is 0 Å². The van der Waals surface area contributed by atoms with E-state index in [2.05, 4.69) is 20.8 Å². The summed E-state index contributed by atoms with van der Waals surface area (Å²) in [5.41, 5.74) is 1.06. The van der Waals surface area contributed by atoms with Crippen LogP contribution in [-0.2, 0) is 11.2 Å². The molecule has 0 atom stereocenters. The van der Waals surface area contributed by atoms with Crippen molar-refractivity contribution in [2.24, 2.45) is 5.41 Å². The number of Topliss-reactive ketones (excluding diaryl/α,β-unsaturated/α-hetero) is 1. The highest BCUT2D eigenvalue weighted by Gasteiger charge is 2.15. The highest BCUT2D eigenvalue weighted by Crippen LogP contribution is 2.20. The van der Waals surface area contributed by atoms with Gasteiger partial charge in [0.05, 0.1) is 0 Å². The summed E-state index contributed by atoms with van der Waals surface area (Å²) in [6, 6.07) is 7.48. The maximum Gasteiger partial charge on any atom is 0.137 e. The Balaban J connectivity index is 2.59. The first-order valence-electron chi connectivity index (χ1n) is 5.13. The Morgan fingerprint density at radius 1 is 1.33 bits per heavy atom. The fourth-order valence-corrected chi connectivity index (χ4v) is 1.74. The second kappa shape index (κ2) is 4.80. The van der Waals surface area contributed by atoms with Crippen molar-refractivity contribution in [3.8, 4) is 0 Å². The van der Waals surface area contributed by atoms with Gasteiger partial charge in [0.1, 0.15) is 5.78 Å². The first-order chi connectivity index (χ1) is 6.87. The van der Waals surface area contributed by atoms with Crippen molar-refractivity contribution in [3.05, 3.63) is 34.9 Å². The average Bonchev–Trinajstić information content (AvgIpc) is 1.99. The minimum atomic E-state index is 0.0651. The molecule has 82 valence electrons. The largest absolute Gasteiger partial charge is 0.299 e. The molecule has 0 spiro atoms. The lowest BCUT2D eigenvalue weighted by Crippen LogP contribution is -2.14. The van der Waals surface area contributed by atoms with Gasteiger partial charge in [-0.15, -0.1) is 0 Å². The second-order valence-corrected chi connectivity index (χ2v) is 5.52. The molecule has 0 amide bonds. The first kappa shape index (κ1) is 12.3. The average molecular weight is 225 g/mol. The van der Waals surface area contributed by atoms with E-state index in [1.54, 1.807) is 0 Å². The number of halogens is 1. The van der Waals surface area contributed by atoms with Gasteiger partial charge in [-0.25, -0.2) is 0 Å². The molecule has 0 saturated carbocycles. The molecular weight excluding hydrogens is 208 g/mol. The minimum Gasteiger partial charge on any atom is -0.299 e. The number of carbonyl (C=O) groups excluding carboxylic acids is 1. The number of hydrogen-bond acceptors (Lipinski definition) is 1. The molecule has 0 unspecified atom stereocenters. The zero-order valence-corrected chi connectivity index (χ0v) is 10.3. The van der Waals surface area contributed by atoms with Gasteiger partial charge in [0.15, 0.2) is 0 Å². The standard InChI is InChI=1S/C13H17ClO/c1-13(2,3)9-12(15)8-10-5-4-6-11(14)7-10/h4-7H,8-9H2,1-3H3. The third kappa shape index (κ3) is 4.98. The summed E-state index contributed by atoms with van der Waals surface area (Å²) >= 11 is 5.85. The summed E-state index contributed by atoms with van der Waals surface area (Å²) in [7, 11) is 0. The van der Waals surface area contributed by atoms with E-state index < -0.39 is 0 Å². The zero-order valence-electron chi connectivity index (χ0n) is 9.51. The summed E-state index contributed by atoms with van der Waals surface area (Å²) in [6.45, 7) is 6.22. The van der Waals surface area contributed by atoms with E-state index >= 15 is 0 Å². The maximum absolute atomic E-state index is 11.7. The van der Waals surface area contributed by atoms with Crippen LogP contribution in [0.25, 0.3) is 0 Å². The lowest BCUT2D eigenvalue weighted by Gasteiger charge is -2.16. The highest BCUT2D eigenvalue weighted by molar-refractivity contribution is 6.30. The molecular formula is C13H17ClO. The van der Waals surface area contributed by atoms with Crippen molar-refractivity contribution in [3.63, 3.8) is 0 Å². The predicted octanol–water partition coefficient (Wildman–Crippen LogP) is 3.89. The molecule has 0 saturated heterocycles. The van der Waals surface area contributed by atoms with E-state index in [1.807, 2.05) is 24.3 Å². The number of carbonyl (C=O) groups is 1. The fourth-order valence-electron chi connectivity index (χ4n) is 1.53. The lowest BCUT2D eigenvalue weighted by atomic mass is 9.88. The molecule has 2 heteroatoms. The minimum absolute atomic E-state index is 0.0651. The molecule has 0 aliphatic heterocycles.